The number of methoxy groups -OCH3 is 1. The molecule has 28 heavy (non-hydrogen) atoms. The Balaban J connectivity index is 1.67. The molecule has 0 spiro atoms. The molecule has 0 saturated carbocycles. The third kappa shape index (κ3) is 4.61. The Morgan fingerprint density at radius 1 is 1.18 bits per heavy atom. The number of amides is 1. The Bertz CT molecular complexity index is 952. The molecule has 1 amide bonds. The molecule has 7 heteroatoms. The van der Waals surface area contributed by atoms with Crippen LogP contribution in [0.1, 0.15) is 24.7 Å². The maximum absolute atomic E-state index is 10.9. The zero-order chi connectivity index (χ0) is 19.9. The Kier molecular flexibility index (Phi) is 6.49. The van der Waals surface area contributed by atoms with Gasteiger partial charge in [-0.3, -0.25) is 4.79 Å². The number of nitrogens with two attached hydrogens (primary N) is 1. The topological polar surface area (TPSA) is 91.4 Å². The Morgan fingerprint density at radius 3 is 2.75 bits per heavy atom. The summed E-state index contributed by atoms with van der Waals surface area (Å²) in [5.41, 5.74) is 8.35. The van der Waals surface area contributed by atoms with Gasteiger partial charge in [-0.05, 0) is 36.2 Å². The first-order valence-electron chi connectivity index (χ1n) is 9.35. The summed E-state index contributed by atoms with van der Waals surface area (Å²) in [4.78, 5) is 15.7. The molecule has 1 heterocycles. The van der Waals surface area contributed by atoms with Crippen LogP contribution in [0.15, 0.2) is 42.5 Å². The number of aryl methyl sites for hydroxylation is 1. The summed E-state index contributed by atoms with van der Waals surface area (Å²) in [6.07, 6.45) is 1.05. The number of aromatic nitrogens is 2. The second-order valence-corrected chi connectivity index (χ2v) is 6.51. The molecular formula is C21H26N4O3. The average molecular weight is 382 g/mol. The number of primary amides is 1. The molecule has 0 aliphatic carbocycles. The summed E-state index contributed by atoms with van der Waals surface area (Å²) in [5, 5.41) is 3.44. The van der Waals surface area contributed by atoms with E-state index in [1.807, 2.05) is 30.3 Å². The van der Waals surface area contributed by atoms with E-state index >= 15 is 0 Å². The molecule has 0 unspecified atom stereocenters. The largest absolute Gasteiger partial charge is 0.493 e. The number of carbonyl (C=O) groups is 1. The van der Waals surface area contributed by atoms with Crippen LogP contribution in [0, 0.1) is 0 Å². The van der Waals surface area contributed by atoms with Gasteiger partial charge in [0.1, 0.15) is 5.82 Å². The van der Waals surface area contributed by atoms with E-state index in [9.17, 15) is 4.79 Å². The number of hydrogen-bond acceptors (Lipinski definition) is 5. The van der Waals surface area contributed by atoms with Gasteiger partial charge in [-0.25, -0.2) is 4.98 Å². The number of para-hydroxylation sites is 2. The summed E-state index contributed by atoms with van der Waals surface area (Å²) in [6, 6.07) is 13.8. The van der Waals surface area contributed by atoms with E-state index in [1.54, 1.807) is 13.2 Å². The van der Waals surface area contributed by atoms with E-state index < -0.39 is 5.91 Å². The number of nitrogens with zero attached hydrogens (tertiary/aromatic N) is 2. The van der Waals surface area contributed by atoms with Crippen molar-refractivity contribution in [2.24, 2.45) is 5.73 Å². The number of fused-ring (bicyclic) bond motifs is 1. The van der Waals surface area contributed by atoms with Crippen molar-refractivity contribution < 1.29 is 14.3 Å². The van der Waals surface area contributed by atoms with E-state index in [1.165, 1.54) is 5.52 Å². The monoisotopic (exact) mass is 382 g/mol. The van der Waals surface area contributed by atoms with Gasteiger partial charge in [-0.2, -0.15) is 0 Å². The number of benzene rings is 2. The third-order valence-electron chi connectivity index (χ3n) is 4.39. The van der Waals surface area contributed by atoms with Crippen LogP contribution < -0.4 is 20.5 Å². The van der Waals surface area contributed by atoms with Crippen LogP contribution in [0.5, 0.6) is 11.5 Å². The third-order valence-corrected chi connectivity index (χ3v) is 4.39. The van der Waals surface area contributed by atoms with E-state index in [0.29, 0.717) is 24.6 Å². The summed E-state index contributed by atoms with van der Waals surface area (Å²) in [6.45, 7) is 4.25. The average Bonchev–Trinajstić information content (AvgIpc) is 3.04. The van der Waals surface area contributed by atoms with Crippen LogP contribution in [-0.2, 0) is 24.4 Å². The highest BCUT2D eigenvalue weighted by Crippen LogP contribution is 2.28. The molecule has 0 saturated heterocycles. The predicted octanol–water partition coefficient (Wildman–Crippen LogP) is 2.61. The highest BCUT2D eigenvalue weighted by Gasteiger charge is 2.10. The molecule has 148 valence electrons. The van der Waals surface area contributed by atoms with Gasteiger partial charge < -0.3 is 25.1 Å². The Hall–Kier alpha value is -3.06. The van der Waals surface area contributed by atoms with Crippen molar-refractivity contribution in [2.75, 3.05) is 13.7 Å². The maximum atomic E-state index is 10.9. The minimum absolute atomic E-state index is 0.179. The first-order chi connectivity index (χ1) is 13.6. The highest BCUT2D eigenvalue weighted by atomic mass is 16.5. The molecule has 0 fully saturated rings. The summed E-state index contributed by atoms with van der Waals surface area (Å²) in [5.74, 6) is 1.56. The fraction of sp³-hybridized carbons (Fsp3) is 0.333. The zero-order valence-corrected chi connectivity index (χ0v) is 16.3. The molecule has 0 bridgehead atoms. The molecule has 0 radical (unpaired) electrons. The molecular weight excluding hydrogens is 356 g/mol. The van der Waals surface area contributed by atoms with E-state index in [4.69, 9.17) is 20.2 Å². The standard InChI is InChI=1S/C21H26N4O3/c1-3-10-25-17-7-5-4-6-16(17)24-21(25)13-23-12-15-8-9-18(19(11-15)27-2)28-14-20(22)26/h4-9,11,23H,3,10,12-14H2,1-2H3,(H2,22,26). The molecule has 2 aromatic carbocycles. The smallest absolute Gasteiger partial charge is 0.255 e. The lowest BCUT2D eigenvalue weighted by Gasteiger charge is -2.12. The highest BCUT2D eigenvalue weighted by molar-refractivity contribution is 5.76. The number of ether oxygens (including phenoxy) is 2. The van der Waals surface area contributed by atoms with Crippen molar-refractivity contribution >= 4 is 16.9 Å². The second-order valence-electron chi connectivity index (χ2n) is 6.51. The lowest BCUT2D eigenvalue weighted by Crippen LogP contribution is -2.20. The molecule has 0 aliphatic heterocycles. The SMILES string of the molecule is CCCn1c(CNCc2ccc(OCC(N)=O)c(OC)c2)nc2ccccc21. The molecule has 7 nitrogen and oxygen atoms in total. The van der Waals surface area contributed by atoms with Gasteiger partial charge in [0.25, 0.3) is 5.91 Å². The van der Waals surface area contributed by atoms with Crippen molar-refractivity contribution in [2.45, 2.75) is 33.0 Å². The van der Waals surface area contributed by atoms with Crippen LogP contribution in [-0.4, -0.2) is 29.2 Å². The second kappa shape index (κ2) is 9.23. The fourth-order valence-corrected chi connectivity index (χ4v) is 3.14. The van der Waals surface area contributed by atoms with Crippen LogP contribution in [0.3, 0.4) is 0 Å². The van der Waals surface area contributed by atoms with Crippen LogP contribution in [0.25, 0.3) is 11.0 Å². The van der Waals surface area contributed by atoms with E-state index in [2.05, 4.69) is 22.9 Å². The van der Waals surface area contributed by atoms with Crippen molar-refractivity contribution in [3.05, 3.63) is 53.9 Å². The molecule has 3 rings (SSSR count). The zero-order valence-electron chi connectivity index (χ0n) is 16.3. The molecule has 0 aliphatic rings. The van der Waals surface area contributed by atoms with Crippen molar-refractivity contribution in [1.29, 1.82) is 0 Å². The normalized spacial score (nSPS) is 10.9. The van der Waals surface area contributed by atoms with Crippen molar-refractivity contribution in [3.63, 3.8) is 0 Å². The van der Waals surface area contributed by atoms with Gasteiger partial charge in [-0.1, -0.05) is 25.1 Å². The Morgan fingerprint density at radius 2 is 2.00 bits per heavy atom. The number of carbonyl (C=O) groups excluding carboxylic acids is 1. The van der Waals surface area contributed by atoms with Gasteiger partial charge in [0.15, 0.2) is 18.1 Å². The summed E-state index contributed by atoms with van der Waals surface area (Å²) in [7, 11) is 1.57. The van der Waals surface area contributed by atoms with Crippen LogP contribution in [0.2, 0.25) is 0 Å². The predicted molar refractivity (Wildman–Crippen MR) is 108 cm³/mol. The lowest BCUT2D eigenvalue weighted by atomic mass is 10.2. The minimum atomic E-state index is -0.525. The number of rotatable bonds is 10. The van der Waals surface area contributed by atoms with Gasteiger partial charge in [-0.15, -0.1) is 0 Å². The summed E-state index contributed by atoms with van der Waals surface area (Å²) < 4.78 is 13.0. The Labute approximate surface area is 164 Å². The summed E-state index contributed by atoms with van der Waals surface area (Å²) >= 11 is 0. The van der Waals surface area contributed by atoms with Gasteiger partial charge >= 0.3 is 0 Å². The van der Waals surface area contributed by atoms with Crippen LogP contribution in [0.4, 0.5) is 0 Å². The van der Waals surface area contributed by atoms with Gasteiger partial charge in [0, 0.05) is 13.1 Å². The number of hydrogen-bond donors (Lipinski definition) is 2. The van der Waals surface area contributed by atoms with Gasteiger partial charge in [0.05, 0.1) is 24.7 Å². The van der Waals surface area contributed by atoms with E-state index in [0.717, 1.165) is 29.9 Å². The fourth-order valence-electron chi connectivity index (χ4n) is 3.14. The van der Waals surface area contributed by atoms with E-state index in [-0.39, 0.29) is 6.61 Å². The maximum Gasteiger partial charge on any atom is 0.255 e. The van der Waals surface area contributed by atoms with Crippen LogP contribution >= 0.6 is 0 Å². The first kappa shape index (κ1) is 19.7. The van der Waals surface area contributed by atoms with Crippen molar-refractivity contribution in [1.82, 2.24) is 14.9 Å². The van der Waals surface area contributed by atoms with Gasteiger partial charge in [0.2, 0.25) is 0 Å². The van der Waals surface area contributed by atoms with Crippen molar-refractivity contribution in [3.8, 4) is 11.5 Å². The number of imidazole rings is 1. The molecule has 1 aromatic heterocycles. The number of nitrogens with one attached hydrogen (secondary N) is 1. The molecule has 3 aromatic rings. The molecule has 0 atom stereocenters. The quantitative estimate of drug-likeness (QED) is 0.562. The first-order valence-corrected chi connectivity index (χ1v) is 9.35. The molecule has 3 N–H and O–H groups in total. The lowest BCUT2D eigenvalue weighted by molar-refractivity contribution is -0.119. The minimum Gasteiger partial charge on any atom is -0.493 e.